The van der Waals surface area contributed by atoms with Crippen LogP contribution in [0.5, 0.6) is 5.88 Å². The molecule has 0 atom stereocenters. The Kier molecular flexibility index (Phi) is 4.86. The molecule has 4 nitrogen and oxygen atoms in total. The van der Waals surface area contributed by atoms with Crippen LogP contribution in [0.4, 0.5) is 0 Å². The zero-order valence-electron chi connectivity index (χ0n) is 11.7. The number of hydrogen-bond acceptors (Lipinski definition) is 4. The molecule has 1 aliphatic heterocycles. The van der Waals surface area contributed by atoms with Crippen LogP contribution < -0.4 is 4.74 Å². The number of ether oxygens (including phenoxy) is 1. The molecule has 1 amide bonds. The Bertz CT molecular complexity index is 669. The van der Waals surface area contributed by atoms with Crippen molar-refractivity contribution in [3.63, 3.8) is 0 Å². The number of piperidine rings is 1. The number of likely N-dealkylation sites (tertiary alicyclic amines) is 1. The number of nitrogens with zero attached hydrogens (tertiary/aromatic N) is 2. The molecule has 1 aliphatic rings. The summed E-state index contributed by atoms with van der Waals surface area (Å²) in [7, 11) is 0. The molecule has 0 bridgehead atoms. The number of amides is 1. The Morgan fingerprint density at radius 3 is 2.68 bits per heavy atom. The highest BCUT2D eigenvalue weighted by atomic mass is 35.5. The average Bonchev–Trinajstić information content (AvgIpc) is 2.96. The third kappa shape index (κ3) is 3.54. The van der Waals surface area contributed by atoms with Gasteiger partial charge in [-0.1, -0.05) is 23.2 Å². The molecule has 7 heteroatoms. The molecule has 0 aliphatic carbocycles. The van der Waals surface area contributed by atoms with Crippen molar-refractivity contribution < 1.29 is 9.53 Å². The van der Waals surface area contributed by atoms with Gasteiger partial charge in [0.1, 0.15) is 11.1 Å². The highest BCUT2D eigenvalue weighted by Gasteiger charge is 2.26. The van der Waals surface area contributed by atoms with Crippen LogP contribution in [0.25, 0.3) is 0 Å². The Hall–Kier alpha value is -1.30. The highest BCUT2D eigenvalue weighted by molar-refractivity contribution is 7.17. The minimum Gasteiger partial charge on any atom is -0.473 e. The molecule has 1 saturated heterocycles. The van der Waals surface area contributed by atoms with E-state index in [2.05, 4.69) is 4.98 Å². The summed E-state index contributed by atoms with van der Waals surface area (Å²) in [6.45, 7) is 1.31. The number of carbonyl (C=O) groups is 1. The van der Waals surface area contributed by atoms with E-state index in [4.69, 9.17) is 27.9 Å². The van der Waals surface area contributed by atoms with Gasteiger partial charge in [0, 0.05) is 32.1 Å². The zero-order chi connectivity index (χ0) is 15.5. The van der Waals surface area contributed by atoms with Gasteiger partial charge in [0.2, 0.25) is 5.88 Å². The standard InChI is InChI=1S/C15H14Cl2N2O2S/c16-11-2-1-7-18-14(11)21-10-5-8-19(9-6-10)15(20)12-3-4-13(17)22-12/h1-4,7,10H,5-6,8-9H2. The van der Waals surface area contributed by atoms with Crippen LogP contribution in [0.15, 0.2) is 30.5 Å². The van der Waals surface area contributed by atoms with Crippen molar-refractivity contribution in [1.29, 1.82) is 0 Å². The van der Waals surface area contributed by atoms with Gasteiger partial charge in [0.15, 0.2) is 0 Å². The van der Waals surface area contributed by atoms with Crippen LogP contribution in [-0.4, -0.2) is 35.0 Å². The average molecular weight is 357 g/mol. The van der Waals surface area contributed by atoms with Crippen molar-refractivity contribution in [3.05, 3.63) is 44.7 Å². The summed E-state index contributed by atoms with van der Waals surface area (Å²) in [5, 5.41) is 0.509. The van der Waals surface area contributed by atoms with Gasteiger partial charge in [-0.25, -0.2) is 4.98 Å². The molecule has 116 valence electrons. The molecule has 3 heterocycles. The summed E-state index contributed by atoms with van der Waals surface area (Å²) in [4.78, 5) is 19.0. The number of thiophene rings is 1. The van der Waals surface area contributed by atoms with Crippen LogP contribution in [0.2, 0.25) is 9.36 Å². The van der Waals surface area contributed by atoms with E-state index in [9.17, 15) is 4.79 Å². The lowest BCUT2D eigenvalue weighted by Crippen LogP contribution is -2.41. The van der Waals surface area contributed by atoms with Crippen LogP contribution in [0.3, 0.4) is 0 Å². The summed E-state index contributed by atoms with van der Waals surface area (Å²) < 4.78 is 6.46. The van der Waals surface area contributed by atoms with Crippen molar-refractivity contribution in [2.24, 2.45) is 0 Å². The zero-order valence-corrected chi connectivity index (χ0v) is 14.0. The molecule has 0 aromatic carbocycles. The normalized spacial score (nSPS) is 15.8. The summed E-state index contributed by atoms with van der Waals surface area (Å²) in [5.41, 5.74) is 0. The van der Waals surface area contributed by atoms with Gasteiger partial charge in [-0.2, -0.15) is 0 Å². The third-order valence-electron chi connectivity index (χ3n) is 3.52. The molecule has 0 unspecified atom stereocenters. The molecule has 3 rings (SSSR count). The Morgan fingerprint density at radius 1 is 1.27 bits per heavy atom. The van der Waals surface area contributed by atoms with E-state index in [0.717, 1.165) is 12.8 Å². The highest BCUT2D eigenvalue weighted by Crippen LogP contribution is 2.26. The SMILES string of the molecule is O=C(c1ccc(Cl)s1)N1CCC(Oc2ncccc2Cl)CC1. The second-order valence-corrected chi connectivity index (χ2v) is 7.13. The predicted molar refractivity (Wildman–Crippen MR) is 88.1 cm³/mol. The fraction of sp³-hybridized carbons (Fsp3) is 0.333. The van der Waals surface area contributed by atoms with Gasteiger partial charge in [0.25, 0.3) is 5.91 Å². The van der Waals surface area contributed by atoms with Crippen molar-refractivity contribution in [2.45, 2.75) is 18.9 Å². The molecule has 2 aromatic rings. The van der Waals surface area contributed by atoms with E-state index >= 15 is 0 Å². The van der Waals surface area contributed by atoms with Gasteiger partial charge in [-0.3, -0.25) is 4.79 Å². The summed E-state index contributed by atoms with van der Waals surface area (Å²) in [6.07, 6.45) is 3.21. The number of halogens is 2. The minimum atomic E-state index is 0.0309. The lowest BCUT2D eigenvalue weighted by atomic mass is 10.1. The van der Waals surface area contributed by atoms with E-state index in [1.54, 1.807) is 30.5 Å². The van der Waals surface area contributed by atoms with Gasteiger partial charge in [-0.15, -0.1) is 11.3 Å². The summed E-state index contributed by atoms with van der Waals surface area (Å²) >= 11 is 13.2. The fourth-order valence-electron chi connectivity index (χ4n) is 2.38. The topological polar surface area (TPSA) is 42.4 Å². The van der Waals surface area contributed by atoms with Crippen LogP contribution >= 0.6 is 34.5 Å². The molecular formula is C15H14Cl2N2O2S. The smallest absolute Gasteiger partial charge is 0.263 e. The van der Waals surface area contributed by atoms with Crippen LogP contribution in [0.1, 0.15) is 22.5 Å². The Balaban J connectivity index is 1.56. The first-order chi connectivity index (χ1) is 10.6. The van der Waals surface area contributed by atoms with Crippen LogP contribution in [-0.2, 0) is 0 Å². The van der Waals surface area contributed by atoms with E-state index < -0.39 is 0 Å². The molecule has 0 N–H and O–H groups in total. The van der Waals surface area contributed by atoms with E-state index in [1.165, 1.54) is 11.3 Å². The largest absolute Gasteiger partial charge is 0.473 e. The summed E-state index contributed by atoms with van der Waals surface area (Å²) in [6, 6.07) is 7.04. The van der Waals surface area contributed by atoms with Crippen molar-refractivity contribution in [3.8, 4) is 5.88 Å². The van der Waals surface area contributed by atoms with Gasteiger partial charge in [0.05, 0.1) is 9.21 Å². The first kappa shape index (κ1) is 15.6. The van der Waals surface area contributed by atoms with Gasteiger partial charge >= 0.3 is 0 Å². The maximum Gasteiger partial charge on any atom is 0.263 e. The van der Waals surface area contributed by atoms with Gasteiger partial charge in [-0.05, 0) is 24.3 Å². The van der Waals surface area contributed by atoms with E-state index in [1.807, 2.05) is 4.90 Å². The first-order valence-corrected chi connectivity index (χ1v) is 8.52. The molecular weight excluding hydrogens is 343 g/mol. The number of carbonyl (C=O) groups excluding carboxylic acids is 1. The molecule has 22 heavy (non-hydrogen) atoms. The van der Waals surface area contributed by atoms with Gasteiger partial charge < -0.3 is 9.64 Å². The summed E-state index contributed by atoms with van der Waals surface area (Å²) in [5.74, 6) is 0.491. The van der Waals surface area contributed by atoms with Crippen molar-refractivity contribution in [2.75, 3.05) is 13.1 Å². The maximum absolute atomic E-state index is 12.3. The third-order valence-corrected chi connectivity index (χ3v) is 5.02. The Labute approximate surface area is 142 Å². The molecule has 0 spiro atoms. The lowest BCUT2D eigenvalue weighted by molar-refractivity contribution is 0.0592. The molecule has 2 aromatic heterocycles. The van der Waals surface area contributed by atoms with Crippen molar-refractivity contribution in [1.82, 2.24) is 9.88 Å². The second-order valence-electron chi connectivity index (χ2n) is 5.00. The lowest BCUT2D eigenvalue weighted by Gasteiger charge is -2.31. The quantitative estimate of drug-likeness (QED) is 0.829. The second kappa shape index (κ2) is 6.86. The monoisotopic (exact) mass is 356 g/mol. The number of hydrogen-bond donors (Lipinski definition) is 0. The Morgan fingerprint density at radius 2 is 2.05 bits per heavy atom. The number of pyridine rings is 1. The van der Waals surface area contributed by atoms with E-state index in [0.29, 0.717) is 33.2 Å². The molecule has 0 saturated carbocycles. The van der Waals surface area contributed by atoms with Crippen LogP contribution in [0, 0.1) is 0 Å². The maximum atomic E-state index is 12.3. The number of rotatable bonds is 3. The van der Waals surface area contributed by atoms with E-state index in [-0.39, 0.29) is 12.0 Å². The van der Waals surface area contributed by atoms with Crippen molar-refractivity contribution >= 4 is 40.4 Å². The minimum absolute atomic E-state index is 0.0309. The molecule has 1 fully saturated rings. The first-order valence-electron chi connectivity index (χ1n) is 6.95. The number of aromatic nitrogens is 1. The predicted octanol–water partition coefficient (Wildman–Crippen LogP) is 4.13. The fourth-order valence-corrected chi connectivity index (χ4v) is 3.55. The molecule has 0 radical (unpaired) electrons.